The molecule has 0 saturated carbocycles. The Bertz CT molecular complexity index is 344. The van der Waals surface area contributed by atoms with Gasteiger partial charge in [0.15, 0.2) is 5.01 Å². The van der Waals surface area contributed by atoms with Crippen molar-refractivity contribution < 1.29 is 26.7 Å². The van der Waals surface area contributed by atoms with Crippen LogP contribution in [0.15, 0.2) is 6.20 Å². The molecule has 2 nitrogen and oxygen atoms in total. The number of aromatic nitrogens is 1. The summed E-state index contributed by atoms with van der Waals surface area (Å²) < 4.78 is 59.3. The van der Waals surface area contributed by atoms with Gasteiger partial charge < -0.3 is 0 Å². The van der Waals surface area contributed by atoms with Gasteiger partial charge >= 0.3 is 12.6 Å². The number of nitrogens with zero attached hydrogens (tertiary/aromatic N) is 1. The molecular weight excluding hydrogens is 229 g/mol. The highest BCUT2D eigenvalue weighted by molar-refractivity contribution is 7.13. The highest BCUT2D eigenvalue weighted by atomic mass is 32.1. The fourth-order valence-corrected chi connectivity index (χ4v) is 1.35. The minimum Gasteiger partial charge on any atom is -0.287 e. The summed E-state index contributed by atoms with van der Waals surface area (Å²) in [5, 5.41) is -1.30. The van der Waals surface area contributed by atoms with E-state index in [1.807, 2.05) is 0 Å². The maximum atomic E-state index is 11.9. The van der Waals surface area contributed by atoms with E-state index in [0.29, 0.717) is 6.20 Å². The second kappa shape index (κ2) is 3.60. The van der Waals surface area contributed by atoms with Crippen LogP contribution in [-0.2, 0) is 6.18 Å². The highest BCUT2D eigenvalue weighted by Crippen LogP contribution is 2.32. The van der Waals surface area contributed by atoms with Gasteiger partial charge in [-0.05, 0) is 0 Å². The van der Waals surface area contributed by atoms with E-state index in [1.54, 1.807) is 0 Å². The Kier molecular flexibility index (Phi) is 2.84. The SMILES string of the molecule is O=C(c1cnc(C(F)(F)F)s1)C(F)F. The number of hydrogen-bond donors (Lipinski definition) is 0. The van der Waals surface area contributed by atoms with Crippen LogP contribution in [0.5, 0.6) is 0 Å². The lowest BCUT2D eigenvalue weighted by atomic mass is 10.4. The van der Waals surface area contributed by atoms with Crippen LogP contribution in [-0.4, -0.2) is 17.2 Å². The zero-order chi connectivity index (χ0) is 10.9. The van der Waals surface area contributed by atoms with Crippen molar-refractivity contribution in [3.8, 4) is 0 Å². The molecule has 14 heavy (non-hydrogen) atoms. The minimum atomic E-state index is -4.70. The molecule has 0 bridgehead atoms. The van der Waals surface area contributed by atoms with Crippen molar-refractivity contribution in [2.45, 2.75) is 12.6 Å². The Morgan fingerprint density at radius 1 is 1.43 bits per heavy atom. The van der Waals surface area contributed by atoms with Crippen molar-refractivity contribution in [1.82, 2.24) is 4.98 Å². The van der Waals surface area contributed by atoms with Crippen LogP contribution in [0, 0.1) is 0 Å². The molecule has 0 amide bonds. The van der Waals surface area contributed by atoms with Crippen molar-refractivity contribution in [2.24, 2.45) is 0 Å². The van der Waals surface area contributed by atoms with Gasteiger partial charge in [-0.2, -0.15) is 13.2 Å². The first-order chi connectivity index (χ1) is 6.32. The number of Topliss-reactive ketones (excluding diaryl/α,β-unsaturated/α-hetero) is 1. The second-order valence-corrected chi connectivity index (χ2v) is 3.22. The van der Waals surface area contributed by atoms with E-state index in [1.165, 1.54) is 0 Å². The summed E-state index contributed by atoms with van der Waals surface area (Å²) in [6, 6.07) is 0. The topological polar surface area (TPSA) is 30.0 Å². The summed E-state index contributed by atoms with van der Waals surface area (Å²) in [7, 11) is 0. The molecule has 1 aromatic rings. The van der Waals surface area contributed by atoms with Gasteiger partial charge in [-0.25, -0.2) is 13.8 Å². The summed E-state index contributed by atoms with van der Waals surface area (Å²) in [5.74, 6) is -1.64. The fourth-order valence-electron chi connectivity index (χ4n) is 0.627. The fraction of sp³-hybridized carbons (Fsp3) is 0.333. The summed E-state index contributed by atoms with van der Waals surface area (Å²) in [5.41, 5.74) is 0. The summed E-state index contributed by atoms with van der Waals surface area (Å²) in [4.78, 5) is 12.7. The first-order valence-corrected chi connectivity index (χ1v) is 3.99. The monoisotopic (exact) mass is 231 g/mol. The molecule has 0 atom stereocenters. The molecule has 0 spiro atoms. The van der Waals surface area contributed by atoms with Gasteiger partial charge in [0.1, 0.15) is 0 Å². The van der Waals surface area contributed by atoms with Crippen LogP contribution in [0.2, 0.25) is 0 Å². The van der Waals surface area contributed by atoms with E-state index in [-0.39, 0.29) is 11.3 Å². The Morgan fingerprint density at radius 3 is 2.36 bits per heavy atom. The third-order valence-corrected chi connectivity index (χ3v) is 2.25. The van der Waals surface area contributed by atoms with E-state index in [2.05, 4.69) is 4.98 Å². The van der Waals surface area contributed by atoms with Crippen molar-refractivity contribution in [3.05, 3.63) is 16.1 Å². The number of alkyl halides is 5. The number of hydrogen-bond acceptors (Lipinski definition) is 3. The molecule has 8 heteroatoms. The second-order valence-electron chi connectivity index (χ2n) is 2.19. The van der Waals surface area contributed by atoms with Crippen molar-refractivity contribution >= 4 is 17.1 Å². The minimum absolute atomic E-state index is 0.0894. The van der Waals surface area contributed by atoms with E-state index in [4.69, 9.17) is 0 Å². The van der Waals surface area contributed by atoms with Crippen molar-refractivity contribution in [1.29, 1.82) is 0 Å². The molecule has 0 saturated heterocycles. The van der Waals surface area contributed by atoms with Gasteiger partial charge in [-0.15, -0.1) is 11.3 Å². The molecule has 0 aliphatic carbocycles. The van der Waals surface area contributed by atoms with Crippen LogP contribution >= 0.6 is 11.3 Å². The quantitative estimate of drug-likeness (QED) is 0.578. The molecule has 1 aromatic heterocycles. The third-order valence-electron chi connectivity index (χ3n) is 1.19. The van der Waals surface area contributed by atoms with E-state index >= 15 is 0 Å². The number of ketones is 1. The largest absolute Gasteiger partial charge is 0.443 e. The average molecular weight is 231 g/mol. The normalized spacial score (nSPS) is 12.1. The van der Waals surface area contributed by atoms with Crippen LogP contribution < -0.4 is 0 Å². The van der Waals surface area contributed by atoms with Gasteiger partial charge in [-0.1, -0.05) is 0 Å². The zero-order valence-electron chi connectivity index (χ0n) is 6.31. The Labute approximate surface area is 78.4 Å². The highest BCUT2D eigenvalue weighted by Gasteiger charge is 2.35. The van der Waals surface area contributed by atoms with E-state index in [0.717, 1.165) is 0 Å². The number of thiazole rings is 1. The lowest BCUT2D eigenvalue weighted by molar-refractivity contribution is -0.137. The molecule has 1 rings (SSSR count). The molecule has 0 N–H and O–H groups in total. The molecule has 1 heterocycles. The van der Waals surface area contributed by atoms with Crippen LogP contribution in [0.3, 0.4) is 0 Å². The van der Waals surface area contributed by atoms with Gasteiger partial charge in [0.2, 0.25) is 5.78 Å². The van der Waals surface area contributed by atoms with E-state index in [9.17, 15) is 26.7 Å². The van der Waals surface area contributed by atoms with E-state index < -0.39 is 28.3 Å². The molecule has 0 unspecified atom stereocenters. The number of rotatable bonds is 2. The third kappa shape index (κ3) is 2.25. The smallest absolute Gasteiger partial charge is 0.287 e. The van der Waals surface area contributed by atoms with Gasteiger partial charge in [-0.3, -0.25) is 4.79 Å². The Hall–Kier alpha value is -1.05. The molecule has 0 radical (unpaired) electrons. The Morgan fingerprint density at radius 2 is 2.00 bits per heavy atom. The molecular formula is C6H2F5NOS. The summed E-state index contributed by atoms with van der Waals surface area (Å²) in [6.45, 7) is 0. The predicted octanol–water partition coefficient (Wildman–Crippen LogP) is 2.61. The number of halogens is 5. The van der Waals surface area contributed by atoms with Gasteiger partial charge in [0, 0.05) is 6.20 Å². The number of carbonyl (C=O) groups is 1. The van der Waals surface area contributed by atoms with Gasteiger partial charge in [0.05, 0.1) is 4.88 Å². The molecule has 0 fully saturated rings. The van der Waals surface area contributed by atoms with Gasteiger partial charge in [0.25, 0.3) is 0 Å². The van der Waals surface area contributed by atoms with Crippen molar-refractivity contribution in [3.63, 3.8) is 0 Å². The molecule has 0 aliphatic heterocycles. The van der Waals surface area contributed by atoms with Crippen LogP contribution in [0.1, 0.15) is 14.7 Å². The Balaban J connectivity index is 2.95. The summed E-state index contributed by atoms with van der Waals surface area (Å²) >= 11 is -0.0894. The molecule has 0 aliphatic rings. The first-order valence-electron chi connectivity index (χ1n) is 3.17. The van der Waals surface area contributed by atoms with Crippen LogP contribution in [0.4, 0.5) is 22.0 Å². The maximum Gasteiger partial charge on any atom is 0.443 e. The van der Waals surface area contributed by atoms with Crippen LogP contribution in [0.25, 0.3) is 0 Å². The maximum absolute atomic E-state index is 11.9. The van der Waals surface area contributed by atoms with Crippen molar-refractivity contribution in [2.75, 3.05) is 0 Å². The number of carbonyl (C=O) groups excluding carboxylic acids is 1. The first kappa shape index (κ1) is 11.0. The predicted molar refractivity (Wildman–Crippen MR) is 37.5 cm³/mol. The summed E-state index contributed by atoms with van der Waals surface area (Å²) in [6.07, 6.45) is -7.51. The molecule has 0 aromatic carbocycles. The lowest BCUT2D eigenvalue weighted by Gasteiger charge is -1.98. The lowest BCUT2D eigenvalue weighted by Crippen LogP contribution is -2.07. The standard InChI is InChI=1S/C6H2F5NOS/c7-4(8)3(13)2-1-12-5(14-2)6(9,10)11/h1,4H. The zero-order valence-corrected chi connectivity index (χ0v) is 7.12. The average Bonchev–Trinajstić information content (AvgIpc) is 2.49. The molecule has 78 valence electrons.